The maximum absolute atomic E-state index is 10.5. The maximum atomic E-state index is 10.5. The van der Waals surface area contributed by atoms with Crippen LogP contribution in [0.15, 0.2) is 0 Å². The number of hydrogen-bond donors (Lipinski definition) is 1. The van der Waals surface area contributed by atoms with Crippen molar-refractivity contribution in [2.75, 3.05) is 0 Å². The SMILES string of the molecule is Cc1c(C#N)nnn1CC(N)=O. The summed E-state index contributed by atoms with van der Waals surface area (Å²) in [5.41, 5.74) is 5.70. The van der Waals surface area contributed by atoms with Crippen LogP contribution in [0.2, 0.25) is 0 Å². The van der Waals surface area contributed by atoms with Gasteiger partial charge in [-0.1, -0.05) is 5.21 Å². The molecule has 0 unspecified atom stereocenters. The van der Waals surface area contributed by atoms with Crippen molar-refractivity contribution in [3.8, 4) is 6.07 Å². The van der Waals surface area contributed by atoms with Crippen molar-refractivity contribution < 1.29 is 4.79 Å². The highest BCUT2D eigenvalue weighted by molar-refractivity contribution is 5.73. The van der Waals surface area contributed by atoms with Crippen LogP contribution in [0.5, 0.6) is 0 Å². The van der Waals surface area contributed by atoms with Crippen LogP contribution in [0.25, 0.3) is 0 Å². The van der Waals surface area contributed by atoms with E-state index in [2.05, 4.69) is 10.3 Å². The molecule has 0 fully saturated rings. The summed E-state index contributed by atoms with van der Waals surface area (Å²) in [4.78, 5) is 10.5. The molecule has 0 spiro atoms. The molecule has 0 aliphatic carbocycles. The van der Waals surface area contributed by atoms with Crippen LogP contribution >= 0.6 is 0 Å². The van der Waals surface area contributed by atoms with E-state index in [9.17, 15) is 4.79 Å². The van der Waals surface area contributed by atoms with Gasteiger partial charge in [-0.15, -0.1) is 5.10 Å². The van der Waals surface area contributed by atoms with E-state index in [-0.39, 0.29) is 12.2 Å². The van der Waals surface area contributed by atoms with E-state index in [0.29, 0.717) is 5.69 Å². The topological polar surface area (TPSA) is 97.6 Å². The number of carbonyl (C=O) groups excluding carboxylic acids is 1. The molecule has 2 N–H and O–H groups in total. The van der Waals surface area contributed by atoms with Crippen molar-refractivity contribution in [1.82, 2.24) is 15.0 Å². The quantitative estimate of drug-likeness (QED) is 0.604. The van der Waals surface area contributed by atoms with E-state index in [1.165, 1.54) is 4.68 Å². The number of nitriles is 1. The lowest BCUT2D eigenvalue weighted by atomic mass is 10.4. The van der Waals surface area contributed by atoms with E-state index in [4.69, 9.17) is 11.0 Å². The summed E-state index contributed by atoms with van der Waals surface area (Å²) < 4.78 is 1.29. The van der Waals surface area contributed by atoms with Gasteiger partial charge in [0, 0.05) is 0 Å². The van der Waals surface area contributed by atoms with Crippen LogP contribution in [0.1, 0.15) is 11.4 Å². The Labute approximate surface area is 68.6 Å². The fourth-order valence-corrected chi connectivity index (χ4v) is 0.761. The lowest BCUT2D eigenvalue weighted by Crippen LogP contribution is -2.20. The highest BCUT2D eigenvalue weighted by Crippen LogP contribution is 2.00. The van der Waals surface area contributed by atoms with Gasteiger partial charge >= 0.3 is 0 Å². The molecular formula is C6H7N5O. The van der Waals surface area contributed by atoms with Gasteiger partial charge in [-0.2, -0.15) is 5.26 Å². The van der Waals surface area contributed by atoms with E-state index < -0.39 is 5.91 Å². The monoisotopic (exact) mass is 165 g/mol. The number of amides is 1. The van der Waals surface area contributed by atoms with Crippen molar-refractivity contribution in [3.05, 3.63) is 11.4 Å². The van der Waals surface area contributed by atoms with Crippen molar-refractivity contribution >= 4 is 5.91 Å². The Bertz CT molecular complexity index is 347. The number of hydrogen-bond acceptors (Lipinski definition) is 4. The van der Waals surface area contributed by atoms with Gasteiger partial charge in [0.1, 0.15) is 12.6 Å². The van der Waals surface area contributed by atoms with Gasteiger partial charge in [0.2, 0.25) is 5.91 Å². The van der Waals surface area contributed by atoms with Crippen LogP contribution in [0.4, 0.5) is 0 Å². The Morgan fingerprint density at radius 2 is 2.50 bits per heavy atom. The summed E-state index contributed by atoms with van der Waals surface area (Å²) in [6.45, 7) is 1.61. The highest BCUT2D eigenvalue weighted by atomic mass is 16.1. The second-order valence-corrected chi connectivity index (χ2v) is 2.26. The van der Waals surface area contributed by atoms with Crippen molar-refractivity contribution in [1.29, 1.82) is 5.26 Å². The minimum absolute atomic E-state index is 0.0412. The Kier molecular flexibility index (Phi) is 2.05. The number of primary amides is 1. The van der Waals surface area contributed by atoms with E-state index in [0.717, 1.165) is 0 Å². The molecule has 0 atom stereocenters. The van der Waals surface area contributed by atoms with Crippen molar-refractivity contribution in [2.24, 2.45) is 5.73 Å². The molecule has 1 amide bonds. The zero-order chi connectivity index (χ0) is 9.14. The van der Waals surface area contributed by atoms with Crippen LogP contribution in [0.3, 0.4) is 0 Å². The molecule has 6 heteroatoms. The predicted octanol–water partition coefficient (Wildman–Crippen LogP) is -1.06. The molecular weight excluding hydrogens is 158 g/mol. The third-order valence-electron chi connectivity index (χ3n) is 1.39. The fraction of sp³-hybridized carbons (Fsp3) is 0.333. The molecule has 0 saturated carbocycles. The molecule has 62 valence electrons. The molecule has 1 aromatic rings. The first-order valence-electron chi connectivity index (χ1n) is 3.23. The second kappa shape index (κ2) is 3.00. The first-order chi connectivity index (χ1) is 5.65. The molecule has 1 heterocycles. The molecule has 0 aliphatic rings. The number of nitrogens with zero attached hydrogens (tertiary/aromatic N) is 4. The van der Waals surface area contributed by atoms with Gasteiger partial charge in [-0.05, 0) is 6.92 Å². The Hall–Kier alpha value is -1.90. The zero-order valence-electron chi connectivity index (χ0n) is 6.48. The smallest absolute Gasteiger partial charge is 0.239 e. The molecule has 0 radical (unpaired) electrons. The minimum atomic E-state index is -0.507. The maximum Gasteiger partial charge on any atom is 0.239 e. The van der Waals surface area contributed by atoms with Crippen LogP contribution in [-0.2, 0) is 11.3 Å². The number of nitrogens with two attached hydrogens (primary N) is 1. The summed E-state index contributed by atoms with van der Waals surface area (Å²) in [6, 6.07) is 1.84. The molecule has 6 nitrogen and oxygen atoms in total. The zero-order valence-corrected chi connectivity index (χ0v) is 6.48. The van der Waals surface area contributed by atoms with Gasteiger partial charge in [0.15, 0.2) is 5.69 Å². The lowest BCUT2D eigenvalue weighted by Gasteiger charge is -1.96. The van der Waals surface area contributed by atoms with E-state index in [1.54, 1.807) is 6.92 Å². The van der Waals surface area contributed by atoms with Crippen molar-refractivity contribution in [3.63, 3.8) is 0 Å². The molecule has 0 aliphatic heterocycles. The van der Waals surface area contributed by atoms with Gasteiger partial charge in [0.05, 0.1) is 5.69 Å². The molecule has 0 aromatic carbocycles. The average Bonchev–Trinajstić information content (AvgIpc) is 2.32. The van der Waals surface area contributed by atoms with Crippen LogP contribution in [0, 0.1) is 18.3 Å². The fourth-order valence-electron chi connectivity index (χ4n) is 0.761. The average molecular weight is 165 g/mol. The normalized spacial score (nSPS) is 9.33. The van der Waals surface area contributed by atoms with Gasteiger partial charge in [-0.25, -0.2) is 4.68 Å². The minimum Gasteiger partial charge on any atom is -0.368 e. The molecule has 0 saturated heterocycles. The molecule has 1 aromatic heterocycles. The standard InChI is InChI=1S/C6H7N5O/c1-4-5(2-7)9-10-11(4)3-6(8)12/h3H2,1H3,(H2,8,12). The first kappa shape index (κ1) is 8.20. The molecule has 12 heavy (non-hydrogen) atoms. The Morgan fingerprint density at radius 3 is 2.92 bits per heavy atom. The largest absolute Gasteiger partial charge is 0.368 e. The summed E-state index contributed by atoms with van der Waals surface area (Å²) in [7, 11) is 0. The summed E-state index contributed by atoms with van der Waals surface area (Å²) in [6.07, 6.45) is 0. The third-order valence-corrected chi connectivity index (χ3v) is 1.39. The van der Waals surface area contributed by atoms with Crippen molar-refractivity contribution in [2.45, 2.75) is 13.5 Å². The summed E-state index contributed by atoms with van der Waals surface area (Å²) in [5, 5.41) is 15.6. The summed E-state index contributed by atoms with van der Waals surface area (Å²) in [5.74, 6) is -0.507. The van der Waals surface area contributed by atoms with Crippen LogP contribution in [-0.4, -0.2) is 20.9 Å². The number of carbonyl (C=O) groups is 1. The second-order valence-electron chi connectivity index (χ2n) is 2.26. The Morgan fingerprint density at radius 1 is 1.83 bits per heavy atom. The van der Waals surface area contributed by atoms with Gasteiger partial charge < -0.3 is 5.73 Å². The summed E-state index contributed by atoms with van der Waals surface area (Å²) >= 11 is 0. The highest BCUT2D eigenvalue weighted by Gasteiger charge is 2.08. The number of rotatable bonds is 2. The lowest BCUT2D eigenvalue weighted by molar-refractivity contribution is -0.118. The Balaban J connectivity index is 2.96. The first-order valence-corrected chi connectivity index (χ1v) is 3.23. The molecule has 1 rings (SSSR count). The number of aromatic nitrogens is 3. The van der Waals surface area contributed by atoms with Gasteiger partial charge in [-0.3, -0.25) is 4.79 Å². The van der Waals surface area contributed by atoms with Crippen LogP contribution < -0.4 is 5.73 Å². The predicted molar refractivity (Wildman–Crippen MR) is 38.7 cm³/mol. The van der Waals surface area contributed by atoms with E-state index in [1.807, 2.05) is 6.07 Å². The van der Waals surface area contributed by atoms with Gasteiger partial charge in [0.25, 0.3) is 0 Å². The van der Waals surface area contributed by atoms with E-state index >= 15 is 0 Å². The third kappa shape index (κ3) is 1.40. The molecule has 0 bridgehead atoms.